The van der Waals surface area contributed by atoms with Crippen molar-refractivity contribution in [1.29, 1.82) is 0 Å². The lowest BCUT2D eigenvalue weighted by atomic mass is 10.1. The van der Waals surface area contributed by atoms with Gasteiger partial charge in [-0.05, 0) is 19.1 Å². The van der Waals surface area contributed by atoms with E-state index < -0.39 is 0 Å². The first-order valence-electron chi connectivity index (χ1n) is 6.65. The molecule has 0 radical (unpaired) electrons. The summed E-state index contributed by atoms with van der Waals surface area (Å²) >= 11 is 0. The van der Waals surface area contributed by atoms with Gasteiger partial charge < -0.3 is 0 Å². The number of ketones is 1. The van der Waals surface area contributed by atoms with Gasteiger partial charge in [-0.1, -0.05) is 48.5 Å². The number of aromatic amines is 1. The van der Waals surface area contributed by atoms with Crippen LogP contribution in [0.15, 0.2) is 65.5 Å². The molecule has 0 aliphatic carbocycles. The predicted molar refractivity (Wildman–Crippen MR) is 81.8 cm³/mol. The number of hydrogen-bond donors (Lipinski definition) is 1. The summed E-state index contributed by atoms with van der Waals surface area (Å²) in [6, 6.07) is 18.6. The number of benzene rings is 2. The van der Waals surface area contributed by atoms with E-state index in [9.17, 15) is 9.59 Å². The second kappa shape index (κ2) is 5.25. The van der Waals surface area contributed by atoms with Crippen LogP contribution in [0, 0.1) is 0 Å². The molecule has 0 amide bonds. The van der Waals surface area contributed by atoms with Crippen LogP contribution in [-0.4, -0.2) is 15.6 Å². The number of H-pyrrole nitrogens is 1. The van der Waals surface area contributed by atoms with Crippen LogP contribution in [0.5, 0.6) is 0 Å². The van der Waals surface area contributed by atoms with Crippen LogP contribution in [0.4, 0.5) is 0 Å². The molecule has 2 aromatic carbocycles. The van der Waals surface area contributed by atoms with Crippen molar-refractivity contribution in [3.05, 3.63) is 76.6 Å². The third-order valence-electron chi connectivity index (χ3n) is 3.32. The molecule has 0 saturated heterocycles. The molecule has 0 spiro atoms. The van der Waals surface area contributed by atoms with Gasteiger partial charge >= 0.3 is 0 Å². The summed E-state index contributed by atoms with van der Waals surface area (Å²) in [5.41, 5.74) is 1.93. The summed E-state index contributed by atoms with van der Waals surface area (Å²) in [6.07, 6.45) is 0. The van der Waals surface area contributed by atoms with Gasteiger partial charge in [0.15, 0.2) is 5.78 Å². The molecule has 0 unspecified atom stereocenters. The lowest BCUT2D eigenvalue weighted by molar-refractivity contribution is 0.101. The van der Waals surface area contributed by atoms with Gasteiger partial charge in [0, 0.05) is 5.56 Å². The minimum atomic E-state index is -0.326. The van der Waals surface area contributed by atoms with E-state index in [4.69, 9.17) is 0 Å². The molecular weight excluding hydrogens is 264 g/mol. The van der Waals surface area contributed by atoms with Crippen LogP contribution in [0.1, 0.15) is 17.3 Å². The largest absolute Gasteiger partial charge is 0.294 e. The van der Waals surface area contributed by atoms with Crippen LogP contribution in [0.3, 0.4) is 0 Å². The van der Waals surface area contributed by atoms with Crippen molar-refractivity contribution in [2.45, 2.75) is 6.92 Å². The Morgan fingerprint density at radius 2 is 1.52 bits per heavy atom. The predicted octanol–water partition coefficient (Wildman–Crippen LogP) is 3.04. The number of Topliss-reactive ketones (excluding diaryl/α,β-unsaturated/α-hetero) is 1. The summed E-state index contributed by atoms with van der Waals surface area (Å²) in [5, 5.41) is 3.05. The van der Waals surface area contributed by atoms with Gasteiger partial charge in [-0.2, -0.15) is 0 Å². The number of nitrogens with zero attached hydrogens (tertiary/aromatic N) is 1. The van der Waals surface area contributed by atoms with Crippen molar-refractivity contribution < 1.29 is 4.79 Å². The van der Waals surface area contributed by atoms with Gasteiger partial charge in [0.1, 0.15) is 5.56 Å². The van der Waals surface area contributed by atoms with E-state index in [0.717, 1.165) is 5.56 Å². The van der Waals surface area contributed by atoms with Crippen LogP contribution in [0.2, 0.25) is 0 Å². The molecule has 0 bridgehead atoms. The minimum Gasteiger partial charge on any atom is -0.294 e. The molecule has 3 rings (SSSR count). The van der Waals surface area contributed by atoms with E-state index in [1.54, 1.807) is 0 Å². The zero-order valence-corrected chi connectivity index (χ0v) is 11.5. The monoisotopic (exact) mass is 278 g/mol. The normalized spacial score (nSPS) is 10.5. The lowest BCUT2D eigenvalue weighted by Crippen LogP contribution is -2.19. The fraction of sp³-hybridized carbons (Fsp3) is 0.0588. The van der Waals surface area contributed by atoms with Gasteiger partial charge in [-0.3, -0.25) is 14.7 Å². The Kier molecular flexibility index (Phi) is 3.28. The fourth-order valence-corrected chi connectivity index (χ4v) is 2.34. The maximum Gasteiger partial charge on any atom is 0.282 e. The average molecular weight is 278 g/mol. The highest BCUT2D eigenvalue weighted by Gasteiger charge is 2.19. The molecule has 4 nitrogen and oxygen atoms in total. The van der Waals surface area contributed by atoms with E-state index in [1.807, 2.05) is 60.7 Å². The Morgan fingerprint density at radius 1 is 0.952 bits per heavy atom. The van der Waals surface area contributed by atoms with Crippen molar-refractivity contribution in [3.8, 4) is 16.9 Å². The van der Waals surface area contributed by atoms with Crippen LogP contribution >= 0.6 is 0 Å². The van der Waals surface area contributed by atoms with Gasteiger partial charge in [0.2, 0.25) is 0 Å². The summed E-state index contributed by atoms with van der Waals surface area (Å²) < 4.78 is 1.40. The van der Waals surface area contributed by atoms with E-state index in [-0.39, 0.29) is 16.9 Å². The first-order valence-corrected chi connectivity index (χ1v) is 6.65. The summed E-state index contributed by atoms with van der Waals surface area (Å²) in [6.45, 7) is 1.41. The van der Waals surface area contributed by atoms with Crippen LogP contribution < -0.4 is 5.56 Å². The highest BCUT2D eigenvalue weighted by atomic mass is 16.2. The molecule has 0 aliphatic rings. The average Bonchev–Trinajstić information content (AvgIpc) is 2.87. The fourth-order valence-electron chi connectivity index (χ4n) is 2.34. The Hall–Kier alpha value is -2.88. The number of para-hydroxylation sites is 1. The zero-order valence-electron chi connectivity index (χ0n) is 11.5. The summed E-state index contributed by atoms with van der Waals surface area (Å²) in [5.74, 6) is -0.246. The van der Waals surface area contributed by atoms with Crippen molar-refractivity contribution in [2.24, 2.45) is 0 Å². The summed E-state index contributed by atoms with van der Waals surface area (Å²) in [7, 11) is 0. The number of nitrogens with one attached hydrogen (secondary N) is 1. The quantitative estimate of drug-likeness (QED) is 0.749. The van der Waals surface area contributed by atoms with Crippen molar-refractivity contribution in [3.63, 3.8) is 0 Å². The Balaban J connectivity index is 2.27. The van der Waals surface area contributed by atoms with Gasteiger partial charge in [0.25, 0.3) is 5.56 Å². The molecule has 0 fully saturated rings. The van der Waals surface area contributed by atoms with Crippen LogP contribution in [-0.2, 0) is 0 Å². The Bertz CT molecular complexity index is 830. The minimum absolute atomic E-state index is 0.185. The first-order chi connectivity index (χ1) is 10.2. The lowest BCUT2D eigenvalue weighted by Gasteiger charge is -2.01. The maximum absolute atomic E-state index is 12.5. The van der Waals surface area contributed by atoms with Gasteiger partial charge in [-0.15, -0.1) is 0 Å². The van der Waals surface area contributed by atoms with E-state index in [0.29, 0.717) is 11.4 Å². The molecule has 1 N–H and O–H groups in total. The smallest absolute Gasteiger partial charge is 0.282 e. The summed E-state index contributed by atoms with van der Waals surface area (Å²) in [4.78, 5) is 24.4. The topological polar surface area (TPSA) is 54.9 Å². The van der Waals surface area contributed by atoms with E-state index >= 15 is 0 Å². The third kappa shape index (κ3) is 2.31. The highest BCUT2D eigenvalue weighted by Crippen LogP contribution is 2.20. The number of hydrogen-bond acceptors (Lipinski definition) is 2. The van der Waals surface area contributed by atoms with Crippen molar-refractivity contribution in [2.75, 3.05) is 0 Å². The van der Waals surface area contributed by atoms with Crippen molar-refractivity contribution in [1.82, 2.24) is 9.78 Å². The second-order valence-electron chi connectivity index (χ2n) is 4.76. The molecule has 0 saturated carbocycles. The number of carbonyl (C=O) groups excluding carboxylic acids is 1. The molecule has 3 aromatic rings. The van der Waals surface area contributed by atoms with E-state index in [1.165, 1.54) is 11.6 Å². The van der Waals surface area contributed by atoms with Gasteiger partial charge in [-0.25, -0.2) is 4.68 Å². The van der Waals surface area contributed by atoms with Crippen LogP contribution in [0.25, 0.3) is 16.9 Å². The van der Waals surface area contributed by atoms with E-state index in [2.05, 4.69) is 5.10 Å². The molecule has 0 aliphatic heterocycles. The first kappa shape index (κ1) is 13.1. The molecule has 4 heteroatoms. The maximum atomic E-state index is 12.5. The molecule has 0 atom stereocenters. The molecule has 104 valence electrons. The van der Waals surface area contributed by atoms with Crippen molar-refractivity contribution >= 4 is 5.78 Å². The second-order valence-corrected chi connectivity index (χ2v) is 4.76. The number of aromatic nitrogens is 2. The van der Waals surface area contributed by atoms with Gasteiger partial charge in [0.05, 0.1) is 11.4 Å². The molecule has 21 heavy (non-hydrogen) atoms. The molecular formula is C17H14N2O2. The highest BCUT2D eigenvalue weighted by molar-refractivity contribution is 5.99. The Labute approximate surface area is 121 Å². The SMILES string of the molecule is CC(=O)c1c(-c2ccccc2)[nH]n(-c2ccccc2)c1=O. The molecule has 1 aromatic heterocycles. The number of carbonyl (C=O) groups is 1. The molecule has 1 heterocycles. The third-order valence-corrected chi connectivity index (χ3v) is 3.32. The number of rotatable bonds is 3. The standard InChI is InChI=1S/C17H14N2O2/c1-12(20)15-16(13-8-4-2-5-9-13)18-19(17(15)21)14-10-6-3-7-11-14/h2-11,18H,1H3. The Morgan fingerprint density at radius 3 is 2.10 bits per heavy atom. The zero-order chi connectivity index (χ0) is 14.8.